The zero-order valence-corrected chi connectivity index (χ0v) is 11.9. The van der Waals surface area contributed by atoms with Crippen LogP contribution in [0.3, 0.4) is 0 Å². The van der Waals surface area contributed by atoms with Crippen molar-refractivity contribution in [3.8, 4) is 0 Å². The molecule has 1 unspecified atom stereocenters. The molecule has 0 aromatic heterocycles. The first-order valence-electron chi connectivity index (χ1n) is 6.71. The van der Waals surface area contributed by atoms with Gasteiger partial charge in [0.15, 0.2) is 0 Å². The molecule has 0 aliphatic heterocycles. The van der Waals surface area contributed by atoms with Gasteiger partial charge in [-0.15, -0.1) is 0 Å². The van der Waals surface area contributed by atoms with Crippen molar-refractivity contribution in [2.24, 2.45) is 5.41 Å². The van der Waals surface area contributed by atoms with Gasteiger partial charge in [0.05, 0.1) is 0 Å². The molecule has 0 saturated heterocycles. The molecule has 17 heavy (non-hydrogen) atoms. The first-order valence-corrected chi connectivity index (χ1v) is 6.71. The summed E-state index contributed by atoms with van der Waals surface area (Å²) in [5, 5.41) is 3.52. The highest BCUT2D eigenvalue weighted by Crippen LogP contribution is 2.41. The predicted molar refractivity (Wildman–Crippen MR) is 74.4 cm³/mol. The third kappa shape index (κ3) is 2.40. The lowest BCUT2D eigenvalue weighted by Crippen LogP contribution is -2.23. The number of rotatable bonds is 1. The molecule has 1 atom stereocenters. The van der Waals surface area contributed by atoms with E-state index in [1.54, 1.807) is 11.1 Å². The van der Waals surface area contributed by atoms with E-state index < -0.39 is 0 Å². The van der Waals surface area contributed by atoms with Crippen LogP contribution in [0.1, 0.15) is 55.0 Å². The van der Waals surface area contributed by atoms with Gasteiger partial charge in [-0.2, -0.15) is 0 Å². The van der Waals surface area contributed by atoms with Crippen LogP contribution in [0.25, 0.3) is 0 Å². The van der Waals surface area contributed by atoms with Crippen LogP contribution in [0, 0.1) is 19.3 Å². The molecule has 1 aliphatic carbocycles. The number of hydrogen-bond acceptors (Lipinski definition) is 1. The smallest absolute Gasteiger partial charge is 0.0328 e. The molecule has 0 fully saturated rings. The summed E-state index contributed by atoms with van der Waals surface area (Å²) in [4.78, 5) is 0. The fourth-order valence-electron chi connectivity index (χ4n) is 3.17. The van der Waals surface area contributed by atoms with Crippen molar-refractivity contribution in [2.75, 3.05) is 7.05 Å². The predicted octanol–water partition coefficient (Wildman–Crippen LogP) is 3.93. The first kappa shape index (κ1) is 12.6. The molecule has 0 saturated carbocycles. The summed E-state index contributed by atoms with van der Waals surface area (Å²) in [5.74, 6) is 0. The van der Waals surface area contributed by atoms with Crippen molar-refractivity contribution in [3.63, 3.8) is 0 Å². The largest absolute Gasteiger partial charge is 0.313 e. The Morgan fingerprint density at radius 2 is 1.82 bits per heavy atom. The van der Waals surface area contributed by atoms with Gasteiger partial charge in [-0.1, -0.05) is 26.0 Å². The zero-order chi connectivity index (χ0) is 12.6. The highest BCUT2D eigenvalue weighted by atomic mass is 14.9. The van der Waals surface area contributed by atoms with Crippen molar-refractivity contribution in [2.45, 2.75) is 53.0 Å². The summed E-state index contributed by atoms with van der Waals surface area (Å²) < 4.78 is 0. The van der Waals surface area contributed by atoms with E-state index in [0.29, 0.717) is 11.5 Å². The number of nitrogens with one attached hydrogen (secondary N) is 1. The number of fused-ring (bicyclic) bond motifs is 1. The molecule has 0 amide bonds. The van der Waals surface area contributed by atoms with Gasteiger partial charge in [0.25, 0.3) is 0 Å². The van der Waals surface area contributed by atoms with Gasteiger partial charge in [-0.3, -0.25) is 0 Å². The van der Waals surface area contributed by atoms with E-state index in [1.165, 1.54) is 30.4 Å². The minimum atomic E-state index is 0.436. The van der Waals surface area contributed by atoms with Crippen molar-refractivity contribution in [1.29, 1.82) is 0 Å². The van der Waals surface area contributed by atoms with Crippen molar-refractivity contribution >= 4 is 0 Å². The van der Waals surface area contributed by atoms with Gasteiger partial charge in [0.1, 0.15) is 0 Å². The van der Waals surface area contributed by atoms with E-state index in [9.17, 15) is 0 Å². The Hall–Kier alpha value is -0.820. The van der Waals surface area contributed by atoms with Crippen LogP contribution in [0.15, 0.2) is 12.1 Å². The fraction of sp³-hybridized carbons (Fsp3) is 0.625. The molecule has 0 heterocycles. The fourth-order valence-corrected chi connectivity index (χ4v) is 3.17. The second-order valence-corrected chi connectivity index (χ2v) is 6.30. The SMILES string of the molecule is CNC1CC(C)(C)CCc2c(C)ccc(C)c21. The maximum atomic E-state index is 3.52. The Labute approximate surface area is 106 Å². The van der Waals surface area contributed by atoms with E-state index in [2.05, 4.69) is 52.2 Å². The van der Waals surface area contributed by atoms with Crippen LogP contribution in [0.4, 0.5) is 0 Å². The molecule has 94 valence electrons. The molecule has 1 heteroatoms. The molecular weight excluding hydrogens is 206 g/mol. The van der Waals surface area contributed by atoms with Crippen molar-refractivity contribution < 1.29 is 0 Å². The molecular formula is C16H25N. The van der Waals surface area contributed by atoms with Gasteiger partial charge >= 0.3 is 0 Å². The van der Waals surface area contributed by atoms with Crippen LogP contribution in [0.2, 0.25) is 0 Å². The van der Waals surface area contributed by atoms with Crippen LogP contribution in [-0.4, -0.2) is 7.05 Å². The topological polar surface area (TPSA) is 12.0 Å². The molecule has 0 spiro atoms. The Bertz CT molecular complexity index is 418. The van der Waals surface area contributed by atoms with Crippen LogP contribution in [0.5, 0.6) is 0 Å². The van der Waals surface area contributed by atoms with E-state index in [1.807, 2.05) is 0 Å². The standard InChI is InChI=1S/C16H25N/c1-11-6-7-12(2)15-13(11)8-9-16(3,4)10-14(15)17-5/h6-7,14,17H,8-10H2,1-5H3. The Morgan fingerprint density at radius 1 is 1.18 bits per heavy atom. The molecule has 1 aromatic rings. The molecule has 1 aliphatic rings. The average molecular weight is 231 g/mol. The molecule has 2 rings (SSSR count). The minimum Gasteiger partial charge on any atom is -0.313 e. The second kappa shape index (κ2) is 4.45. The molecule has 1 aromatic carbocycles. The van der Waals surface area contributed by atoms with Crippen LogP contribution < -0.4 is 5.32 Å². The maximum absolute atomic E-state index is 3.52. The second-order valence-electron chi connectivity index (χ2n) is 6.30. The summed E-state index contributed by atoms with van der Waals surface area (Å²) in [6, 6.07) is 5.07. The van der Waals surface area contributed by atoms with Crippen molar-refractivity contribution in [1.82, 2.24) is 5.32 Å². The average Bonchev–Trinajstić information content (AvgIpc) is 2.41. The number of aryl methyl sites for hydroxylation is 2. The molecule has 1 N–H and O–H groups in total. The molecule has 0 radical (unpaired) electrons. The minimum absolute atomic E-state index is 0.436. The van der Waals surface area contributed by atoms with E-state index >= 15 is 0 Å². The van der Waals surface area contributed by atoms with Crippen LogP contribution in [-0.2, 0) is 6.42 Å². The highest BCUT2D eigenvalue weighted by molar-refractivity contribution is 5.43. The summed E-state index contributed by atoms with van der Waals surface area (Å²) >= 11 is 0. The zero-order valence-electron chi connectivity index (χ0n) is 11.9. The monoisotopic (exact) mass is 231 g/mol. The lowest BCUT2D eigenvalue weighted by molar-refractivity contribution is 0.279. The quantitative estimate of drug-likeness (QED) is 0.722. The van der Waals surface area contributed by atoms with E-state index in [-0.39, 0.29) is 0 Å². The van der Waals surface area contributed by atoms with E-state index in [4.69, 9.17) is 0 Å². The third-order valence-electron chi connectivity index (χ3n) is 4.31. The normalized spacial score (nSPS) is 23.0. The van der Waals surface area contributed by atoms with Crippen LogP contribution >= 0.6 is 0 Å². The third-order valence-corrected chi connectivity index (χ3v) is 4.31. The molecule has 0 bridgehead atoms. The number of hydrogen-bond donors (Lipinski definition) is 1. The first-order chi connectivity index (χ1) is 7.94. The van der Waals surface area contributed by atoms with Gasteiger partial charge in [-0.05, 0) is 67.8 Å². The maximum Gasteiger partial charge on any atom is 0.0328 e. The highest BCUT2D eigenvalue weighted by Gasteiger charge is 2.30. The van der Waals surface area contributed by atoms with Gasteiger partial charge in [0, 0.05) is 6.04 Å². The lowest BCUT2D eigenvalue weighted by atomic mass is 9.82. The van der Waals surface area contributed by atoms with Gasteiger partial charge in [0.2, 0.25) is 0 Å². The Morgan fingerprint density at radius 3 is 2.47 bits per heavy atom. The van der Waals surface area contributed by atoms with Gasteiger partial charge < -0.3 is 5.32 Å². The Kier molecular flexibility index (Phi) is 3.31. The Balaban J connectivity index is 2.54. The lowest BCUT2D eigenvalue weighted by Gasteiger charge is -2.27. The summed E-state index contributed by atoms with van der Waals surface area (Å²) in [6.07, 6.45) is 3.76. The van der Waals surface area contributed by atoms with Gasteiger partial charge in [-0.25, -0.2) is 0 Å². The van der Waals surface area contributed by atoms with E-state index in [0.717, 1.165) is 0 Å². The van der Waals surface area contributed by atoms with Crippen molar-refractivity contribution in [3.05, 3.63) is 34.4 Å². The molecule has 1 nitrogen and oxygen atoms in total. The number of benzene rings is 1. The summed E-state index contributed by atoms with van der Waals surface area (Å²) in [5.41, 5.74) is 6.50. The summed E-state index contributed by atoms with van der Waals surface area (Å²) in [7, 11) is 2.09. The summed E-state index contributed by atoms with van der Waals surface area (Å²) in [6.45, 7) is 9.30.